The van der Waals surface area contributed by atoms with Gasteiger partial charge in [0.1, 0.15) is 0 Å². The van der Waals surface area contributed by atoms with Crippen LogP contribution in [0, 0.1) is 5.92 Å². The first-order chi connectivity index (χ1) is 17.0. The quantitative estimate of drug-likeness (QED) is 0.346. The number of rotatable bonds is 7. The summed E-state index contributed by atoms with van der Waals surface area (Å²) in [5, 5.41) is 0.922. The van der Waals surface area contributed by atoms with E-state index in [1.165, 1.54) is 5.56 Å². The molecule has 10 heteroatoms. The van der Waals surface area contributed by atoms with Crippen LogP contribution in [0.3, 0.4) is 0 Å². The predicted octanol–water partition coefficient (Wildman–Crippen LogP) is 4.06. The molecule has 0 N–H and O–H groups in total. The van der Waals surface area contributed by atoms with Crippen molar-refractivity contribution in [3.05, 3.63) is 42.4 Å². The molecule has 4 heterocycles. The van der Waals surface area contributed by atoms with Crippen molar-refractivity contribution in [3.8, 4) is 0 Å². The minimum Gasteiger partial charge on any atom is -0.768 e. The van der Waals surface area contributed by atoms with Crippen LogP contribution in [0.1, 0.15) is 44.2 Å². The fourth-order valence-corrected chi connectivity index (χ4v) is 6.52. The molecule has 35 heavy (non-hydrogen) atoms. The van der Waals surface area contributed by atoms with Gasteiger partial charge in [0.15, 0.2) is 5.16 Å². The summed E-state index contributed by atoms with van der Waals surface area (Å²) in [7, 11) is 0. The lowest BCUT2D eigenvalue weighted by atomic mass is 9.93. The number of aromatic nitrogens is 2. The van der Waals surface area contributed by atoms with Crippen LogP contribution in [-0.4, -0.2) is 66.0 Å². The molecule has 2 aliphatic heterocycles. The summed E-state index contributed by atoms with van der Waals surface area (Å²) in [5.74, 6) is 1.30. The van der Waals surface area contributed by atoms with Crippen LogP contribution in [0.25, 0.3) is 11.0 Å². The highest BCUT2D eigenvalue weighted by atomic mass is 32.2. The van der Waals surface area contributed by atoms with Gasteiger partial charge < -0.3 is 18.4 Å². The number of benzene rings is 1. The van der Waals surface area contributed by atoms with E-state index < -0.39 is 11.1 Å². The monoisotopic (exact) mass is 515 g/mol. The van der Waals surface area contributed by atoms with E-state index in [1.54, 1.807) is 36.4 Å². The van der Waals surface area contributed by atoms with Crippen LogP contribution in [0.2, 0.25) is 0 Å². The van der Waals surface area contributed by atoms with E-state index >= 15 is 0 Å². The minimum absolute atomic E-state index is 0.110. The Morgan fingerprint density at radius 1 is 1.17 bits per heavy atom. The fourth-order valence-electron chi connectivity index (χ4n) is 5.33. The van der Waals surface area contributed by atoms with E-state index in [0.29, 0.717) is 11.4 Å². The van der Waals surface area contributed by atoms with Crippen molar-refractivity contribution >= 4 is 39.8 Å². The summed E-state index contributed by atoms with van der Waals surface area (Å²) >= 11 is -0.598. The molecule has 0 spiro atoms. The number of imidazole rings is 1. The molecule has 0 saturated carbocycles. The first-order valence-corrected chi connectivity index (χ1v) is 14.4. The van der Waals surface area contributed by atoms with Gasteiger partial charge in [-0.3, -0.25) is 13.9 Å². The Kier molecular flexibility index (Phi) is 7.62. The van der Waals surface area contributed by atoms with Crippen LogP contribution in [0.4, 0.5) is 0 Å². The number of carbonyl (C=O) groups excluding carboxylic acids is 1. The van der Waals surface area contributed by atoms with Gasteiger partial charge in [-0.25, -0.2) is 4.98 Å². The Labute approximate surface area is 212 Å². The molecule has 2 aromatic heterocycles. The van der Waals surface area contributed by atoms with Crippen molar-refractivity contribution in [2.75, 3.05) is 31.9 Å². The minimum atomic E-state index is -2.27. The molecule has 5 rings (SSSR count). The standard InChI is InChI=1S/C25H32N4O4S2/c1-2-34-25-26-22-15-21(35(31)32)3-4-23(22)29(25)20-7-12-28(13-8-20)24(30)19-5-10-27(11-6-19)16-18-9-14-33-17-18/h3-4,9,14-15,17,19-20H,2,5-8,10-13,16H2,1H3,(H,31,32)/p-1. The van der Waals surface area contributed by atoms with Crippen molar-refractivity contribution in [1.82, 2.24) is 19.4 Å². The van der Waals surface area contributed by atoms with E-state index in [9.17, 15) is 13.6 Å². The van der Waals surface area contributed by atoms with Crippen molar-refractivity contribution in [3.63, 3.8) is 0 Å². The van der Waals surface area contributed by atoms with Crippen molar-refractivity contribution in [2.24, 2.45) is 5.92 Å². The van der Waals surface area contributed by atoms with Gasteiger partial charge in [0, 0.05) is 42.1 Å². The first kappa shape index (κ1) is 24.5. The van der Waals surface area contributed by atoms with Crippen LogP contribution in [0.5, 0.6) is 0 Å². The van der Waals surface area contributed by atoms with Gasteiger partial charge in [-0.1, -0.05) is 18.7 Å². The highest BCUT2D eigenvalue weighted by molar-refractivity contribution is 7.99. The van der Waals surface area contributed by atoms with Gasteiger partial charge in [0.25, 0.3) is 0 Å². The molecule has 0 radical (unpaired) electrons. The van der Waals surface area contributed by atoms with E-state index in [-0.39, 0.29) is 16.9 Å². The summed E-state index contributed by atoms with van der Waals surface area (Å²) in [6.45, 7) is 6.34. The molecule has 188 valence electrons. The van der Waals surface area contributed by atoms with Gasteiger partial charge in [-0.2, -0.15) is 0 Å². The highest BCUT2D eigenvalue weighted by Crippen LogP contribution is 2.34. The van der Waals surface area contributed by atoms with Gasteiger partial charge in [-0.15, -0.1) is 0 Å². The molecular formula is C25H31N4O4S2-. The second kappa shape index (κ2) is 10.9. The number of hydrogen-bond acceptors (Lipinski definition) is 7. The number of carbonyl (C=O) groups is 1. The van der Waals surface area contributed by atoms with E-state index in [2.05, 4.69) is 21.3 Å². The normalized spacial score (nSPS) is 19.4. The van der Waals surface area contributed by atoms with Crippen LogP contribution < -0.4 is 0 Å². The molecule has 1 amide bonds. The largest absolute Gasteiger partial charge is 0.768 e. The maximum atomic E-state index is 13.3. The van der Waals surface area contributed by atoms with E-state index in [4.69, 9.17) is 9.40 Å². The smallest absolute Gasteiger partial charge is 0.225 e. The van der Waals surface area contributed by atoms with Gasteiger partial charge >= 0.3 is 0 Å². The zero-order valence-electron chi connectivity index (χ0n) is 19.9. The zero-order valence-corrected chi connectivity index (χ0v) is 21.6. The maximum absolute atomic E-state index is 13.3. The number of hydrogen-bond donors (Lipinski definition) is 0. The number of nitrogens with zero attached hydrogens (tertiary/aromatic N) is 4. The zero-order chi connectivity index (χ0) is 24.4. The third-order valence-corrected chi connectivity index (χ3v) is 8.63. The molecule has 2 fully saturated rings. The first-order valence-electron chi connectivity index (χ1n) is 12.3. The Morgan fingerprint density at radius 2 is 1.94 bits per heavy atom. The summed E-state index contributed by atoms with van der Waals surface area (Å²) in [4.78, 5) is 22.7. The van der Waals surface area contributed by atoms with Gasteiger partial charge in [0.2, 0.25) is 5.91 Å². The second-order valence-electron chi connectivity index (χ2n) is 9.32. The average Bonchev–Trinajstić information content (AvgIpc) is 3.51. The SMILES string of the molecule is CCSc1nc2cc(S(=O)[O-])ccc2n1C1CCN(C(=O)C2CCN(Cc3ccoc3)CC2)CC1. The third-order valence-electron chi connectivity index (χ3n) is 7.16. The topological polar surface area (TPSA) is 94.6 Å². The lowest BCUT2D eigenvalue weighted by Gasteiger charge is -2.38. The Balaban J connectivity index is 1.21. The van der Waals surface area contributed by atoms with E-state index in [1.807, 2.05) is 12.1 Å². The fraction of sp³-hybridized carbons (Fsp3) is 0.520. The molecule has 8 nitrogen and oxygen atoms in total. The molecule has 1 aromatic carbocycles. The lowest BCUT2D eigenvalue weighted by molar-refractivity contribution is -0.138. The van der Waals surface area contributed by atoms with Gasteiger partial charge in [-0.05, 0) is 79.9 Å². The predicted molar refractivity (Wildman–Crippen MR) is 135 cm³/mol. The highest BCUT2D eigenvalue weighted by Gasteiger charge is 2.32. The summed E-state index contributed by atoms with van der Waals surface area (Å²) < 4.78 is 30.2. The van der Waals surface area contributed by atoms with Crippen LogP contribution in [0.15, 0.2) is 51.3 Å². The molecule has 3 aromatic rings. The Bertz CT molecular complexity index is 1180. The number of fused-ring (bicyclic) bond motifs is 1. The van der Waals surface area contributed by atoms with Crippen LogP contribution in [-0.2, 0) is 22.4 Å². The number of amides is 1. The number of thioether (sulfide) groups is 1. The molecule has 2 saturated heterocycles. The van der Waals surface area contributed by atoms with Gasteiger partial charge in [0.05, 0.1) is 23.6 Å². The van der Waals surface area contributed by atoms with Crippen molar-refractivity contribution < 1.29 is 18.0 Å². The van der Waals surface area contributed by atoms with Crippen molar-refractivity contribution in [1.29, 1.82) is 0 Å². The molecule has 2 aliphatic rings. The Morgan fingerprint density at radius 3 is 2.60 bits per heavy atom. The molecule has 1 atom stereocenters. The summed E-state index contributed by atoms with van der Waals surface area (Å²) in [6.07, 6.45) is 7.07. The maximum Gasteiger partial charge on any atom is 0.225 e. The Hall–Kier alpha value is -2.14. The number of likely N-dealkylation sites (tertiary alicyclic amines) is 2. The third kappa shape index (κ3) is 5.35. The lowest BCUT2D eigenvalue weighted by Crippen LogP contribution is -2.45. The molecule has 0 bridgehead atoms. The molecule has 1 unspecified atom stereocenters. The average molecular weight is 516 g/mol. The molecule has 0 aliphatic carbocycles. The van der Waals surface area contributed by atoms with E-state index in [0.717, 1.165) is 74.8 Å². The van der Waals surface area contributed by atoms with Crippen molar-refractivity contribution in [2.45, 2.75) is 55.2 Å². The van der Waals surface area contributed by atoms with Crippen LogP contribution >= 0.6 is 11.8 Å². The summed E-state index contributed by atoms with van der Waals surface area (Å²) in [6, 6.07) is 7.40. The second-order valence-corrected chi connectivity index (χ2v) is 11.5. The molecular weight excluding hydrogens is 484 g/mol. The summed E-state index contributed by atoms with van der Waals surface area (Å²) in [5.41, 5.74) is 2.86. The number of piperidine rings is 2. The number of furan rings is 1.